The molecule has 0 N–H and O–H groups in total. The number of rotatable bonds is 10. The maximum absolute atomic E-state index is 7.88. The van der Waals surface area contributed by atoms with Crippen molar-refractivity contribution in [2.45, 2.75) is 0 Å². The fraction of sp³-hybridized carbons (Fsp3) is 0. The van der Waals surface area contributed by atoms with E-state index in [4.69, 9.17) is 23.1 Å². The Hall–Kier alpha value is -12.6. The van der Waals surface area contributed by atoms with Gasteiger partial charge in [-0.3, -0.25) is 0 Å². The maximum atomic E-state index is 7.88. The highest BCUT2D eigenvalue weighted by Gasteiger charge is 2.20. The second-order valence-electron chi connectivity index (χ2n) is 22.9. The van der Waals surface area contributed by atoms with Crippen LogP contribution in [0.4, 0.5) is 11.4 Å². The van der Waals surface area contributed by atoms with Gasteiger partial charge in [0.25, 0.3) is 0 Å². The lowest BCUT2D eigenvalue weighted by Gasteiger charge is -2.17. The van der Waals surface area contributed by atoms with E-state index in [2.05, 4.69) is 283 Å². The zero-order valence-electron chi connectivity index (χ0n) is 50.1. The average Bonchev–Trinajstić information content (AvgIpc) is 0.756. The van der Waals surface area contributed by atoms with Gasteiger partial charge in [-0.2, -0.15) is 0 Å². The summed E-state index contributed by atoms with van der Waals surface area (Å²) in [6, 6.07) is 118. The molecule has 0 spiro atoms. The lowest BCUT2D eigenvalue weighted by molar-refractivity contribution is 1.41. The van der Waals surface area contributed by atoms with Crippen molar-refractivity contribution in [3.05, 3.63) is 363 Å². The maximum Gasteiger partial charge on any atom is 0.194 e. The van der Waals surface area contributed by atoms with E-state index < -0.39 is 0 Å². The number of hydrogen-bond donors (Lipinski definition) is 0. The van der Waals surface area contributed by atoms with E-state index in [-0.39, 0.29) is 0 Å². The van der Waals surface area contributed by atoms with Crippen LogP contribution in [0.15, 0.2) is 340 Å². The van der Waals surface area contributed by atoms with Crippen molar-refractivity contribution < 1.29 is 0 Å². The highest BCUT2D eigenvalue weighted by Crippen LogP contribution is 2.45. The predicted molar refractivity (Wildman–Crippen MR) is 385 cm³/mol. The largest absolute Gasteiger partial charge is 0.247 e. The molecule has 0 fully saturated rings. The standard InChI is InChI=1S/2C44H28N2/c1-45-42-19-11-10-17-37(42)40-28-41-39(34-24-20-32(21-25-34)30-12-4-2-5-13-30)29-43(46-44(41)38-18-9-8-16-36(38)40)35-26-22-33(23-27-35)31-14-6-3-7-15-31;1-45-37-16-10-15-36(27-37)40-28-42-41(34-23-19-32(20-24-34)30-11-4-2-5-12-30)29-43(46-44(42)39-18-9-8-17-38(39)40)35-25-21-33(22-26-35)31-13-6-3-7-14-31/h2*2-29H. The van der Waals surface area contributed by atoms with Crippen LogP contribution in [0.25, 0.3) is 165 Å². The highest BCUT2D eigenvalue weighted by atomic mass is 14.7. The first-order valence-electron chi connectivity index (χ1n) is 30.8. The van der Waals surface area contributed by atoms with Crippen LogP contribution >= 0.6 is 0 Å². The van der Waals surface area contributed by atoms with Crippen molar-refractivity contribution in [3.8, 4) is 112 Å². The normalized spacial score (nSPS) is 11.0. The van der Waals surface area contributed by atoms with E-state index in [0.29, 0.717) is 11.4 Å². The lowest BCUT2D eigenvalue weighted by Crippen LogP contribution is -1.93. The van der Waals surface area contributed by atoms with Crippen LogP contribution in [0.5, 0.6) is 0 Å². The summed E-state index contributed by atoms with van der Waals surface area (Å²) >= 11 is 0. The van der Waals surface area contributed by atoms with Crippen molar-refractivity contribution in [2.24, 2.45) is 0 Å². The van der Waals surface area contributed by atoms with Gasteiger partial charge in [-0.05, 0) is 130 Å². The Labute approximate surface area is 535 Å². The molecule has 0 unspecified atom stereocenters. The van der Waals surface area contributed by atoms with Crippen molar-refractivity contribution >= 4 is 54.7 Å². The number of aromatic nitrogens is 2. The van der Waals surface area contributed by atoms with Crippen molar-refractivity contribution in [1.29, 1.82) is 0 Å². The Bertz CT molecular complexity index is 5460. The number of benzene rings is 14. The molecular formula is C88H56N4. The molecule has 16 aromatic rings. The molecule has 0 aliphatic carbocycles. The van der Waals surface area contributed by atoms with Gasteiger partial charge in [0.1, 0.15) is 0 Å². The number of fused-ring (bicyclic) bond motifs is 6. The van der Waals surface area contributed by atoms with Crippen LogP contribution in [0, 0.1) is 13.1 Å². The average molecular weight is 1170 g/mol. The van der Waals surface area contributed by atoms with E-state index in [1.54, 1.807) is 0 Å². The minimum atomic E-state index is 0.630. The SMILES string of the molecule is [C-]#[N+]c1cccc(-c2cc3c(-c4ccc(-c5ccccc5)cc4)cc(-c4ccc(-c5ccccc5)cc4)nc3c3ccccc23)c1.[C-]#[N+]c1ccccc1-c1cc2c(-c3ccc(-c4ccccc4)cc3)cc(-c3ccc(-c4ccccc4)cc3)nc2c2ccccc12. The molecule has 16 rings (SSSR count). The van der Waals surface area contributed by atoms with Crippen LogP contribution in [-0.2, 0) is 0 Å². The molecule has 2 heterocycles. The van der Waals surface area contributed by atoms with E-state index in [0.717, 1.165) is 110 Å². The first-order chi connectivity index (χ1) is 45.5. The van der Waals surface area contributed by atoms with Crippen LogP contribution in [0.2, 0.25) is 0 Å². The first kappa shape index (κ1) is 55.9. The second kappa shape index (κ2) is 24.9. The van der Waals surface area contributed by atoms with E-state index in [9.17, 15) is 0 Å². The second-order valence-corrected chi connectivity index (χ2v) is 22.9. The van der Waals surface area contributed by atoms with Gasteiger partial charge in [0.2, 0.25) is 0 Å². The zero-order valence-corrected chi connectivity index (χ0v) is 50.1. The quantitative estimate of drug-likeness (QED) is 0.101. The summed E-state index contributed by atoms with van der Waals surface area (Å²) in [6.45, 7) is 15.5. The Balaban J connectivity index is 0.000000153. The minimum absolute atomic E-state index is 0.630. The molecule has 4 nitrogen and oxygen atoms in total. The van der Waals surface area contributed by atoms with Gasteiger partial charge in [-0.15, -0.1) is 0 Å². The van der Waals surface area contributed by atoms with E-state index in [1.165, 1.54) is 44.5 Å². The number of para-hydroxylation sites is 1. The molecular weight excluding hydrogens is 1110 g/mol. The van der Waals surface area contributed by atoms with Gasteiger partial charge in [-0.1, -0.05) is 309 Å². The highest BCUT2D eigenvalue weighted by molar-refractivity contribution is 6.18. The molecule has 0 saturated carbocycles. The van der Waals surface area contributed by atoms with Crippen LogP contribution in [0.3, 0.4) is 0 Å². The molecule has 92 heavy (non-hydrogen) atoms. The van der Waals surface area contributed by atoms with Gasteiger partial charge >= 0.3 is 0 Å². The molecule has 2 aromatic heterocycles. The molecule has 0 bridgehead atoms. The zero-order chi connectivity index (χ0) is 61.7. The predicted octanol–water partition coefficient (Wildman–Crippen LogP) is 24.5. The third kappa shape index (κ3) is 11.0. The van der Waals surface area contributed by atoms with Crippen LogP contribution < -0.4 is 0 Å². The van der Waals surface area contributed by atoms with Crippen molar-refractivity contribution in [3.63, 3.8) is 0 Å². The van der Waals surface area contributed by atoms with Gasteiger partial charge in [0, 0.05) is 32.7 Å². The molecule has 0 radical (unpaired) electrons. The molecule has 428 valence electrons. The monoisotopic (exact) mass is 1170 g/mol. The number of hydrogen-bond acceptors (Lipinski definition) is 2. The van der Waals surface area contributed by atoms with Crippen molar-refractivity contribution in [1.82, 2.24) is 9.97 Å². The summed E-state index contributed by atoms with van der Waals surface area (Å²) in [6.07, 6.45) is 0. The third-order valence-corrected chi connectivity index (χ3v) is 17.4. The Kier molecular flexibility index (Phi) is 15.1. The molecule has 4 heteroatoms. The lowest BCUT2D eigenvalue weighted by atomic mass is 9.90. The first-order valence-corrected chi connectivity index (χ1v) is 30.8. The van der Waals surface area contributed by atoms with Gasteiger partial charge < -0.3 is 0 Å². The Morgan fingerprint density at radius 3 is 0.924 bits per heavy atom. The molecule has 14 aromatic carbocycles. The van der Waals surface area contributed by atoms with Crippen LogP contribution in [-0.4, -0.2) is 9.97 Å². The smallest absolute Gasteiger partial charge is 0.194 e. The third-order valence-electron chi connectivity index (χ3n) is 17.4. The summed E-state index contributed by atoms with van der Waals surface area (Å²) in [5.41, 5.74) is 25.2. The van der Waals surface area contributed by atoms with Crippen molar-refractivity contribution in [2.75, 3.05) is 0 Å². The molecule has 0 aliphatic rings. The summed E-state index contributed by atoms with van der Waals surface area (Å²) in [7, 11) is 0. The van der Waals surface area contributed by atoms with Gasteiger partial charge in [0.15, 0.2) is 11.4 Å². The number of nitrogens with zero attached hydrogens (tertiary/aromatic N) is 4. The number of pyridine rings is 2. The summed E-state index contributed by atoms with van der Waals surface area (Å²) < 4.78 is 0. The topological polar surface area (TPSA) is 34.5 Å². The van der Waals surface area contributed by atoms with Crippen LogP contribution in [0.1, 0.15) is 0 Å². The summed E-state index contributed by atoms with van der Waals surface area (Å²) in [4.78, 5) is 18.3. The van der Waals surface area contributed by atoms with Gasteiger partial charge in [-0.25, -0.2) is 19.7 Å². The molecule has 0 aliphatic heterocycles. The molecule has 0 saturated heterocycles. The fourth-order valence-corrected chi connectivity index (χ4v) is 12.8. The fourth-order valence-electron chi connectivity index (χ4n) is 12.8. The molecule has 0 atom stereocenters. The summed E-state index contributed by atoms with van der Waals surface area (Å²) in [5.74, 6) is 0. The van der Waals surface area contributed by atoms with E-state index >= 15 is 0 Å². The molecule has 0 amide bonds. The summed E-state index contributed by atoms with van der Waals surface area (Å²) in [5, 5.41) is 6.50. The Morgan fingerprint density at radius 1 is 0.196 bits per heavy atom. The Morgan fingerprint density at radius 2 is 0.511 bits per heavy atom. The van der Waals surface area contributed by atoms with E-state index in [1.807, 2.05) is 66.7 Å². The minimum Gasteiger partial charge on any atom is -0.247 e. The van der Waals surface area contributed by atoms with Gasteiger partial charge in [0.05, 0.1) is 35.6 Å².